The molecule has 1 aromatic rings. The molecule has 4 aliphatic rings. The zero-order valence-electron chi connectivity index (χ0n) is 32.6. The van der Waals surface area contributed by atoms with Crippen molar-refractivity contribution in [1.82, 2.24) is 31.1 Å². The van der Waals surface area contributed by atoms with Crippen LogP contribution in [0.1, 0.15) is 104 Å². The van der Waals surface area contributed by atoms with E-state index in [9.17, 15) is 33.6 Å². The molecular formula is C40H58N6O8. The summed E-state index contributed by atoms with van der Waals surface area (Å²) in [6, 6.07) is 3.00. The van der Waals surface area contributed by atoms with Gasteiger partial charge in [0.15, 0.2) is 5.78 Å². The van der Waals surface area contributed by atoms with Crippen molar-refractivity contribution in [3.63, 3.8) is 0 Å². The van der Waals surface area contributed by atoms with Crippen LogP contribution in [-0.4, -0.2) is 101 Å². The third kappa shape index (κ3) is 10.4. The molecule has 2 heterocycles. The van der Waals surface area contributed by atoms with Crippen molar-refractivity contribution in [2.75, 3.05) is 13.1 Å². The van der Waals surface area contributed by atoms with Crippen LogP contribution in [0.25, 0.3) is 0 Å². The lowest BCUT2D eigenvalue weighted by Gasteiger charge is -2.36. The number of urea groups is 1. The molecule has 2 saturated carbocycles. The Labute approximate surface area is 318 Å². The highest BCUT2D eigenvalue weighted by Gasteiger charge is 2.47. The first-order valence-electron chi connectivity index (χ1n) is 19.7. The van der Waals surface area contributed by atoms with Crippen LogP contribution in [-0.2, 0) is 41.7 Å². The number of benzene rings is 1. The SMILES string of the molecule is CCCCC(NC(=O)[C@@H]1C[C@@H](OC(=O)N2CCc3ccccc3C2)CN1C(=O)[C@@H](NC(=O)NC(C(=O)C1CC1)C(C)C)C(C)(C)C)C(=O)C(=O)NC1CC1. The van der Waals surface area contributed by atoms with E-state index < -0.39 is 71.3 Å². The normalized spacial score (nSPS) is 21.3. The monoisotopic (exact) mass is 750 g/mol. The van der Waals surface area contributed by atoms with E-state index in [1.807, 2.05) is 45.0 Å². The first kappa shape index (κ1) is 40.7. The number of rotatable bonds is 15. The number of unbranched alkanes of at least 4 members (excludes halogenated alkanes) is 1. The lowest BCUT2D eigenvalue weighted by Crippen LogP contribution is -2.61. The number of likely N-dealkylation sites (tertiary alicyclic amines) is 1. The first-order valence-corrected chi connectivity index (χ1v) is 19.7. The maximum atomic E-state index is 14.6. The van der Waals surface area contributed by atoms with Crippen LogP contribution in [0.3, 0.4) is 0 Å². The van der Waals surface area contributed by atoms with E-state index in [4.69, 9.17) is 4.74 Å². The van der Waals surface area contributed by atoms with Gasteiger partial charge in [-0.15, -0.1) is 0 Å². The van der Waals surface area contributed by atoms with Crippen LogP contribution < -0.4 is 21.3 Å². The molecule has 1 aromatic carbocycles. The molecule has 2 aliphatic carbocycles. The zero-order valence-corrected chi connectivity index (χ0v) is 32.6. The summed E-state index contributed by atoms with van der Waals surface area (Å²) in [5.41, 5.74) is 1.33. The summed E-state index contributed by atoms with van der Waals surface area (Å²) in [6.07, 6.45) is 3.89. The summed E-state index contributed by atoms with van der Waals surface area (Å²) < 4.78 is 5.96. The topological polar surface area (TPSA) is 183 Å². The van der Waals surface area contributed by atoms with Gasteiger partial charge in [-0.3, -0.25) is 24.0 Å². The van der Waals surface area contributed by atoms with Gasteiger partial charge in [0.25, 0.3) is 5.91 Å². The van der Waals surface area contributed by atoms with Crippen LogP contribution >= 0.6 is 0 Å². The second-order valence-electron chi connectivity index (χ2n) is 16.8. The third-order valence-electron chi connectivity index (χ3n) is 10.7. The highest BCUT2D eigenvalue weighted by atomic mass is 16.6. The van der Waals surface area contributed by atoms with Gasteiger partial charge in [0.1, 0.15) is 18.2 Å². The van der Waals surface area contributed by atoms with E-state index >= 15 is 0 Å². The lowest BCUT2D eigenvalue weighted by atomic mass is 9.85. The Hall–Kier alpha value is -4.49. The lowest BCUT2D eigenvalue weighted by molar-refractivity contribution is -0.144. The van der Waals surface area contributed by atoms with Gasteiger partial charge in [-0.25, -0.2) is 9.59 Å². The van der Waals surface area contributed by atoms with Crippen LogP contribution in [0.15, 0.2) is 24.3 Å². The number of carbonyl (C=O) groups excluding carboxylic acids is 7. The van der Waals surface area contributed by atoms with Gasteiger partial charge in [-0.1, -0.05) is 78.6 Å². The number of nitrogens with one attached hydrogen (secondary N) is 4. The van der Waals surface area contributed by atoms with Crippen molar-refractivity contribution in [1.29, 1.82) is 0 Å². The maximum absolute atomic E-state index is 14.6. The van der Waals surface area contributed by atoms with Crippen LogP contribution in [0.5, 0.6) is 0 Å². The molecule has 2 unspecified atom stereocenters. The number of Topliss-reactive ketones (excluding diaryl/α,β-unsaturated/α-hetero) is 2. The fourth-order valence-corrected chi connectivity index (χ4v) is 7.15. The van der Waals surface area contributed by atoms with Crippen LogP contribution in [0.2, 0.25) is 0 Å². The first-order chi connectivity index (χ1) is 25.6. The average molecular weight is 751 g/mol. The van der Waals surface area contributed by atoms with E-state index in [0.717, 1.165) is 43.2 Å². The van der Waals surface area contributed by atoms with Crippen molar-refractivity contribution in [2.45, 2.75) is 142 Å². The number of fused-ring (bicyclic) bond motifs is 1. The average Bonchev–Trinajstić information content (AvgIpc) is 4.08. The van der Waals surface area contributed by atoms with Crippen molar-refractivity contribution in [3.05, 3.63) is 35.4 Å². The summed E-state index contributed by atoms with van der Waals surface area (Å²) >= 11 is 0. The Morgan fingerprint density at radius 1 is 0.926 bits per heavy atom. The standard InChI is InChI=1S/C40H58N6O8/c1-7-8-13-29(33(48)36(50)41-27-16-17-27)42-35(49)30-20-28(54-39(53)45-19-18-24-11-9-10-12-26(24)21-45)22-46(30)37(51)34(40(4,5)6)44-38(52)43-31(23(2)3)32(47)25-14-15-25/h9-12,23,25,27-31,34H,7-8,13-22H2,1-6H3,(H,41,50)(H,42,49)(H2,43,44,52)/t28-,29?,30+,31?,34-/m1/s1. The number of ether oxygens (including phenoxy) is 1. The van der Waals surface area contributed by atoms with Crippen molar-refractivity contribution < 1.29 is 38.3 Å². The number of ketones is 2. The fraction of sp³-hybridized carbons (Fsp3) is 0.675. The Bertz CT molecular complexity index is 1600. The molecule has 14 nitrogen and oxygen atoms in total. The molecule has 14 heteroatoms. The molecular weight excluding hydrogens is 692 g/mol. The second-order valence-corrected chi connectivity index (χ2v) is 16.8. The summed E-state index contributed by atoms with van der Waals surface area (Å²) in [6.45, 7) is 11.7. The highest BCUT2D eigenvalue weighted by molar-refractivity contribution is 6.38. The largest absolute Gasteiger partial charge is 0.444 e. The van der Waals surface area contributed by atoms with E-state index in [0.29, 0.717) is 25.9 Å². The summed E-state index contributed by atoms with van der Waals surface area (Å²) in [5, 5.41) is 11.0. The van der Waals surface area contributed by atoms with Gasteiger partial charge < -0.3 is 35.8 Å². The molecule has 6 amide bonds. The molecule has 0 bridgehead atoms. The zero-order chi connectivity index (χ0) is 39.3. The second kappa shape index (κ2) is 17.3. The molecule has 54 heavy (non-hydrogen) atoms. The van der Waals surface area contributed by atoms with E-state index in [-0.39, 0.29) is 43.0 Å². The van der Waals surface area contributed by atoms with Gasteiger partial charge in [0.05, 0.1) is 18.6 Å². The summed E-state index contributed by atoms with van der Waals surface area (Å²) in [5.74, 6) is -3.02. The fourth-order valence-electron chi connectivity index (χ4n) is 7.15. The molecule has 5 rings (SSSR count). The molecule has 0 spiro atoms. The van der Waals surface area contributed by atoms with E-state index in [1.165, 1.54) is 4.90 Å². The Kier molecular flexibility index (Phi) is 13.1. The molecule has 4 N–H and O–H groups in total. The number of amides is 6. The van der Waals surface area contributed by atoms with Gasteiger partial charge in [-0.05, 0) is 61.0 Å². The number of hydrogen-bond acceptors (Lipinski definition) is 8. The third-order valence-corrected chi connectivity index (χ3v) is 10.7. The molecule has 2 aliphatic heterocycles. The minimum atomic E-state index is -1.17. The number of carbonyl (C=O) groups is 7. The van der Waals surface area contributed by atoms with Crippen LogP contribution in [0.4, 0.5) is 9.59 Å². The van der Waals surface area contributed by atoms with Gasteiger partial charge >= 0.3 is 12.1 Å². The molecule has 0 aromatic heterocycles. The summed E-state index contributed by atoms with van der Waals surface area (Å²) in [4.78, 5) is 97.6. The van der Waals surface area contributed by atoms with Crippen molar-refractivity contribution >= 4 is 41.4 Å². The minimum absolute atomic E-state index is 0.0325. The Morgan fingerprint density at radius 2 is 1.61 bits per heavy atom. The highest BCUT2D eigenvalue weighted by Crippen LogP contribution is 2.33. The van der Waals surface area contributed by atoms with Crippen molar-refractivity contribution in [3.8, 4) is 0 Å². The molecule has 0 radical (unpaired) electrons. The van der Waals surface area contributed by atoms with Crippen molar-refractivity contribution in [2.24, 2.45) is 17.3 Å². The maximum Gasteiger partial charge on any atom is 0.410 e. The summed E-state index contributed by atoms with van der Waals surface area (Å²) in [7, 11) is 0. The molecule has 5 atom stereocenters. The molecule has 1 saturated heterocycles. The quantitative estimate of drug-likeness (QED) is 0.197. The predicted molar refractivity (Wildman–Crippen MR) is 200 cm³/mol. The van der Waals surface area contributed by atoms with E-state index in [2.05, 4.69) is 21.3 Å². The van der Waals surface area contributed by atoms with E-state index in [1.54, 1.807) is 25.7 Å². The minimum Gasteiger partial charge on any atom is -0.444 e. The predicted octanol–water partition coefficient (Wildman–Crippen LogP) is 3.39. The number of nitrogens with zero attached hydrogens (tertiary/aromatic N) is 2. The Morgan fingerprint density at radius 3 is 2.22 bits per heavy atom. The van der Waals surface area contributed by atoms with Crippen LogP contribution in [0, 0.1) is 17.3 Å². The molecule has 3 fully saturated rings. The Balaban J connectivity index is 1.35. The van der Waals surface area contributed by atoms with Gasteiger partial charge in [0, 0.05) is 31.5 Å². The smallest absolute Gasteiger partial charge is 0.410 e. The molecule has 296 valence electrons. The van der Waals surface area contributed by atoms with Gasteiger partial charge in [0.2, 0.25) is 17.6 Å². The van der Waals surface area contributed by atoms with Gasteiger partial charge in [-0.2, -0.15) is 0 Å². The number of hydrogen-bond donors (Lipinski definition) is 4.